The van der Waals surface area contributed by atoms with E-state index in [1.165, 1.54) is 7.11 Å². The number of ether oxygens (including phenoxy) is 1. The van der Waals surface area contributed by atoms with E-state index >= 15 is 0 Å². The van der Waals surface area contributed by atoms with Gasteiger partial charge >= 0.3 is 5.97 Å². The Balaban J connectivity index is 2.15. The Bertz CT molecular complexity index is 1110. The van der Waals surface area contributed by atoms with Crippen LogP contribution in [0.15, 0.2) is 54.6 Å². The minimum Gasteiger partial charge on any atom is -0.464 e. The number of pyridine rings is 1. The lowest BCUT2D eigenvalue weighted by Gasteiger charge is -2.09. The number of nitrogens with zero attached hydrogens (tertiary/aromatic N) is 2. The van der Waals surface area contributed by atoms with Crippen molar-refractivity contribution >= 4 is 39.4 Å². The molecule has 5 heteroatoms. The lowest BCUT2D eigenvalue weighted by Crippen LogP contribution is -2.06. The van der Waals surface area contributed by atoms with Gasteiger partial charge in [-0.25, -0.2) is 9.78 Å². The number of carbonyl (C=O) groups excluding carboxylic acids is 1. The minimum absolute atomic E-state index is 0.297. The Morgan fingerprint density at radius 1 is 1.08 bits per heavy atom. The van der Waals surface area contributed by atoms with Gasteiger partial charge in [-0.1, -0.05) is 29.8 Å². The van der Waals surface area contributed by atoms with Crippen LogP contribution in [0, 0.1) is 6.92 Å². The van der Waals surface area contributed by atoms with E-state index in [4.69, 9.17) is 16.3 Å². The number of aryl methyl sites for hydroxylation is 1. The second-order valence-corrected chi connectivity index (χ2v) is 6.24. The quantitative estimate of drug-likeness (QED) is 0.481. The third-order valence-corrected chi connectivity index (χ3v) is 4.57. The maximum absolute atomic E-state index is 12.0. The summed E-state index contributed by atoms with van der Waals surface area (Å²) in [7, 11) is 1.36. The molecule has 0 aliphatic heterocycles. The molecule has 124 valence electrons. The monoisotopic (exact) mass is 350 g/mol. The summed E-state index contributed by atoms with van der Waals surface area (Å²) in [6.45, 7) is 1.91. The number of rotatable bonds is 2. The van der Waals surface area contributed by atoms with Gasteiger partial charge in [-0.2, -0.15) is 0 Å². The van der Waals surface area contributed by atoms with E-state index in [1.54, 1.807) is 6.07 Å². The van der Waals surface area contributed by atoms with E-state index in [0.717, 1.165) is 33.2 Å². The molecule has 4 nitrogen and oxygen atoms in total. The summed E-state index contributed by atoms with van der Waals surface area (Å²) in [5.41, 5.74) is 4.02. The zero-order chi connectivity index (χ0) is 17.6. The van der Waals surface area contributed by atoms with Crippen LogP contribution in [0.25, 0.3) is 27.5 Å². The van der Waals surface area contributed by atoms with E-state index in [0.29, 0.717) is 10.7 Å². The van der Waals surface area contributed by atoms with Crippen molar-refractivity contribution in [3.8, 4) is 5.69 Å². The number of carbonyl (C=O) groups is 1. The van der Waals surface area contributed by atoms with Gasteiger partial charge in [0.05, 0.1) is 18.1 Å². The maximum atomic E-state index is 12.0. The second-order valence-electron chi connectivity index (χ2n) is 5.81. The summed E-state index contributed by atoms with van der Waals surface area (Å²) in [5.74, 6) is -0.446. The number of aromatic nitrogens is 2. The van der Waals surface area contributed by atoms with E-state index in [2.05, 4.69) is 21.7 Å². The van der Waals surface area contributed by atoms with Gasteiger partial charge < -0.3 is 9.30 Å². The number of benzene rings is 2. The number of hydrogen-bond donors (Lipinski definition) is 0. The van der Waals surface area contributed by atoms with Gasteiger partial charge in [-0.3, -0.25) is 0 Å². The molecular weight excluding hydrogens is 336 g/mol. The van der Waals surface area contributed by atoms with Crippen LogP contribution in [-0.2, 0) is 4.74 Å². The molecule has 0 unspecified atom stereocenters. The van der Waals surface area contributed by atoms with Gasteiger partial charge in [0, 0.05) is 27.2 Å². The summed E-state index contributed by atoms with van der Waals surface area (Å²) >= 11 is 6.04. The topological polar surface area (TPSA) is 44.1 Å². The van der Waals surface area contributed by atoms with Gasteiger partial charge in [0.1, 0.15) is 0 Å². The molecule has 0 aliphatic carbocycles. The van der Waals surface area contributed by atoms with Crippen LogP contribution in [0.2, 0.25) is 5.02 Å². The Morgan fingerprint density at radius 2 is 1.80 bits per heavy atom. The third-order valence-electron chi connectivity index (χ3n) is 4.31. The summed E-state index contributed by atoms with van der Waals surface area (Å²) < 4.78 is 6.96. The molecule has 0 saturated heterocycles. The van der Waals surface area contributed by atoms with Crippen molar-refractivity contribution in [2.75, 3.05) is 7.11 Å². The van der Waals surface area contributed by atoms with Crippen molar-refractivity contribution < 1.29 is 9.53 Å². The lowest BCUT2D eigenvalue weighted by atomic mass is 10.1. The van der Waals surface area contributed by atoms with Gasteiger partial charge in [0.2, 0.25) is 0 Å². The van der Waals surface area contributed by atoms with E-state index in [9.17, 15) is 4.79 Å². The highest BCUT2D eigenvalue weighted by atomic mass is 35.5. The molecule has 0 aliphatic rings. The number of para-hydroxylation sites is 1. The molecule has 4 aromatic rings. The third kappa shape index (κ3) is 2.46. The molecule has 0 fully saturated rings. The van der Waals surface area contributed by atoms with Crippen LogP contribution in [0.4, 0.5) is 0 Å². The van der Waals surface area contributed by atoms with E-state index < -0.39 is 5.97 Å². The first kappa shape index (κ1) is 15.7. The zero-order valence-electron chi connectivity index (χ0n) is 13.8. The molecule has 0 saturated carbocycles. The van der Waals surface area contributed by atoms with Gasteiger partial charge in [-0.15, -0.1) is 0 Å². The standard InChI is InChI=1S/C20H15ClN2O2/c1-12-19-15-5-3-4-6-17(15)23(14-9-7-13(21)8-10-14)18(19)11-16(22-12)20(24)25-2/h3-11H,1-2H3. The molecule has 0 radical (unpaired) electrons. The molecular formula is C20H15ClN2O2. The normalized spacial score (nSPS) is 11.2. The molecule has 4 rings (SSSR count). The Hall–Kier alpha value is -2.85. The highest BCUT2D eigenvalue weighted by Gasteiger charge is 2.18. The van der Waals surface area contributed by atoms with Crippen LogP contribution >= 0.6 is 11.6 Å². The molecule has 0 amide bonds. The SMILES string of the molecule is COC(=O)c1cc2c(c(C)n1)c1ccccc1n2-c1ccc(Cl)cc1. The van der Waals surface area contributed by atoms with Crippen molar-refractivity contribution in [1.82, 2.24) is 9.55 Å². The van der Waals surface area contributed by atoms with Crippen molar-refractivity contribution in [1.29, 1.82) is 0 Å². The molecule has 0 spiro atoms. The number of hydrogen-bond acceptors (Lipinski definition) is 3. The number of halogens is 1. The average Bonchev–Trinajstić information content (AvgIpc) is 2.96. The second kappa shape index (κ2) is 5.90. The van der Waals surface area contributed by atoms with Crippen LogP contribution in [0.5, 0.6) is 0 Å². The van der Waals surface area contributed by atoms with Gasteiger partial charge in [-0.05, 0) is 43.3 Å². The van der Waals surface area contributed by atoms with Crippen molar-refractivity contribution in [2.24, 2.45) is 0 Å². The van der Waals surface area contributed by atoms with Gasteiger partial charge in [0.25, 0.3) is 0 Å². The molecule has 25 heavy (non-hydrogen) atoms. The maximum Gasteiger partial charge on any atom is 0.356 e. The number of methoxy groups -OCH3 is 1. The fraction of sp³-hybridized carbons (Fsp3) is 0.100. The minimum atomic E-state index is -0.446. The highest BCUT2D eigenvalue weighted by Crippen LogP contribution is 2.34. The Morgan fingerprint density at radius 3 is 2.52 bits per heavy atom. The van der Waals surface area contributed by atoms with E-state index in [-0.39, 0.29) is 0 Å². The van der Waals surface area contributed by atoms with Crippen LogP contribution < -0.4 is 0 Å². The summed E-state index contributed by atoms with van der Waals surface area (Å²) in [6, 6.07) is 17.5. The fourth-order valence-corrected chi connectivity index (χ4v) is 3.38. The van der Waals surface area contributed by atoms with Crippen LogP contribution in [0.3, 0.4) is 0 Å². The largest absolute Gasteiger partial charge is 0.464 e. The zero-order valence-corrected chi connectivity index (χ0v) is 14.5. The Labute approximate surface area is 149 Å². The lowest BCUT2D eigenvalue weighted by molar-refractivity contribution is 0.0594. The fourth-order valence-electron chi connectivity index (χ4n) is 3.25. The summed E-state index contributed by atoms with van der Waals surface area (Å²) in [6.07, 6.45) is 0. The van der Waals surface area contributed by atoms with Crippen molar-refractivity contribution in [3.05, 3.63) is 71.0 Å². The van der Waals surface area contributed by atoms with Crippen LogP contribution in [-0.4, -0.2) is 22.6 Å². The van der Waals surface area contributed by atoms with Crippen LogP contribution in [0.1, 0.15) is 16.2 Å². The first-order valence-corrected chi connectivity index (χ1v) is 8.23. The molecule has 2 aromatic heterocycles. The van der Waals surface area contributed by atoms with E-state index in [1.807, 2.05) is 43.3 Å². The van der Waals surface area contributed by atoms with Crippen molar-refractivity contribution in [2.45, 2.75) is 6.92 Å². The molecule has 2 heterocycles. The van der Waals surface area contributed by atoms with Crippen molar-refractivity contribution in [3.63, 3.8) is 0 Å². The molecule has 2 aromatic carbocycles. The predicted octanol–water partition coefficient (Wildman–Crippen LogP) is 4.93. The highest BCUT2D eigenvalue weighted by molar-refractivity contribution is 6.30. The van der Waals surface area contributed by atoms with Gasteiger partial charge in [0.15, 0.2) is 5.69 Å². The summed E-state index contributed by atoms with van der Waals surface area (Å²) in [4.78, 5) is 16.4. The first-order chi connectivity index (χ1) is 12.1. The first-order valence-electron chi connectivity index (χ1n) is 7.85. The summed E-state index contributed by atoms with van der Waals surface area (Å²) in [5, 5.41) is 2.80. The Kier molecular flexibility index (Phi) is 3.70. The molecule has 0 bridgehead atoms. The average molecular weight is 351 g/mol. The molecule has 0 atom stereocenters. The molecule has 0 N–H and O–H groups in total. The predicted molar refractivity (Wildman–Crippen MR) is 99.7 cm³/mol. The smallest absolute Gasteiger partial charge is 0.356 e. The number of fused-ring (bicyclic) bond motifs is 3. The number of esters is 1.